The molecule has 142 valence electrons. The van der Waals surface area contributed by atoms with Gasteiger partial charge in [0.15, 0.2) is 5.16 Å². The summed E-state index contributed by atoms with van der Waals surface area (Å²) in [6, 6.07) is 13.1. The first-order chi connectivity index (χ1) is 12.7. The van der Waals surface area contributed by atoms with Crippen molar-refractivity contribution in [3.8, 4) is 11.5 Å². The van der Waals surface area contributed by atoms with Gasteiger partial charge in [-0.2, -0.15) is 5.10 Å². The molecule has 3 aromatic rings. The van der Waals surface area contributed by atoms with Gasteiger partial charge >= 0.3 is 0 Å². The average molecular weight is 388 g/mol. The van der Waals surface area contributed by atoms with Crippen LogP contribution in [0.5, 0.6) is 11.5 Å². The van der Waals surface area contributed by atoms with E-state index in [4.69, 9.17) is 9.47 Å². The molecule has 1 aromatic heterocycles. The van der Waals surface area contributed by atoms with E-state index < -0.39 is 0 Å². The molecule has 0 atom stereocenters. The largest absolute Gasteiger partial charge is 0.497 e. The highest BCUT2D eigenvalue weighted by molar-refractivity contribution is 7.99. The third-order valence-corrected chi connectivity index (χ3v) is 4.41. The predicted molar refractivity (Wildman–Crippen MR) is 106 cm³/mol. The number of para-hydroxylation sites is 2. The number of methoxy groups -OCH3 is 2. The molecule has 1 amide bonds. The molecule has 0 fully saturated rings. The first-order valence-electron chi connectivity index (χ1n) is 7.81. The molecule has 2 aromatic carbocycles. The molecular weight excluding hydrogens is 368 g/mol. The Morgan fingerprint density at radius 3 is 2.81 bits per heavy atom. The Morgan fingerprint density at radius 2 is 2.07 bits per heavy atom. The van der Waals surface area contributed by atoms with Crippen molar-refractivity contribution < 1.29 is 19.7 Å². The number of imidazole rings is 1. The minimum absolute atomic E-state index is 0. The summed E-state index contributed by atoms with van der Waals surface area (Å²) in [5, 5.41) is 4.67. The van der Waals surface area contributed by atoms with Gasteiger partial charge in [0.05, 0.1) is 37.2 Å². The van der Waals surface area contributed by atoms with Crippen LogP contribution in [0.4, 0.5) is 0 Å². The first kappa shape index (κ1) is 20.3. The van der Waals surface area contributed by atoms with Crippen molar-refractivity contribution in [2.75, 3.05) is 20.0 Å². The molecule has 0 aliphatic carbocycles. The number of hydrazone groups is 1. The van der Waals surface area contributed by atoms with E-state index in [2.05, 4.69) is 20.5 Å². The summed E-state index contributed by atoms with van der Waals surface area (Å²) in [6.07, 6.45) is 1.52. The van der Waals surface area contributed by atoms with Crippen LogP contribution in [0.3, 0.4) is 0 Å². The van der Waals surface area contributed by atoms with Crippen molar-refractivity contribution in [2.24, 2.45) is 5.10 Å². The number of carbonyl (C=O) groups excluding carboxylic acids is 1. The summed E-state index contributed by atoms with van der Waals surface area (Å²) in [4.78, 5) is 19.5. The van der Waals surface area contributed by atoms with Gasteiger partial charge < -0.3 is 19.9 Å². The van der Waals surface area contributed by atoms with Crippen molar-refractivity contribution in [3.63, 3.8) is 0 Å². The summed E-state index contributed by atoms with van der Waals surface area (Å²) in [7, 11) is 3.15. The number of nitrogens with zero attached hydrogens (tertiary/aromatic N) is 2. The number of carbonyl (C=O) groups is 1. The molecule has 8 nitrogen and oxygen atoms in total. The lowest BCUT2D eigenvalue weighted by Gasteiger charge is -2.06. The van der Waals surface area contributed by atoms with Crippen LogP contribution in [0.2, 0.25) is 0 Å². The Hall–Kier alpha value is -3.04. The summed E-state index contributed by atoms with van der Waals surface area (Å²) >= 11 is 1.32. The van der Waals surface area contributed by atoms with Gasteiger partial charge in [-0.15, -0.1) is 0 Å². The van der Waals surface area contributed by atoms with E-state index in [-0.39, 0.29) is 17.1 Å². The lowest BCUT2D eigenvalue weighted by Crippen LogP contribution is -2.19. The Morgan fingerprint density at radius 1 is 1.26 bits per heavy atom. The van der Waals surface area contributed by atoms with Gasteiger partial charge in [0, 0.05) is 5.56 Å². The van der Waals surface area contributed by atoms with Crippen molar-refractivity contribution in [1.29, 1.82) is 0 Å². The molecular formula is C18H20N4O4S. The van der Waals surface area contributed by atoms with Crippen LogP contribution in [0, 0.1) is 0 Å². The van der Waals surface area contributed by atoms with Crippen molar-refractivity contribution in [2.45, 2.75) is 5.16 Å². The second-order valence-electron chi connectivity index (χ2n) is 5.25. The molecule has 27 heavy (non-hydrogen) atoms. The number of amides is 1. The van der Waals surface area contributed by atoms with Gasteiger partial charge in [0.1, 0.15) is 11.5 Å². The maximum absolute atomic E-state index is 12.0. The maximum Gasteiger partial charge on any atom is 0.250 e. The number of hydrogen-bond donors (Lipinski definition) is 2. The number of fused-ring (bicyclic) bond motifs is 1. The second-order valence-corrected chi connectivity index (χ2v) is 6.21. The van der Waals surface area contributed by atoms with Crippen molar-refractivity contribution in [1.82, 2.24) is 15.4 Å². The lowest BCUT2D eigenvalue weighted by atomic mass is 10.2. The lowest BCUT2D eigenvalue weighted by molar-refractivity contribution is -0.118. The van der Waals surface area contributed by atoms with Crippen molar-refractivity contribution in [3.05, 3.63) is 48.0 Å². The smallest absolute Gasteiger partial charge is 0.250 e. The van der Waals surface area contributed by atoms with Gasteiger partial charge in [-0.1, -0.05) is 23.9 Å². The van der Waals surface area contributed by atoms with Crippen LogP contribution in [0.1, 0.15) is 5.56 Å². The van der Waals surface area contributed by atoms with Crippen LogP contribution in [0.15, 0.2) is 52.7 Å². The van der Waals surface area contributed by atoms with Crippen LogP contribution < -0.4 is 14.9 Å². The monoisotopic (exact) mass is 388 g/mol. The predicted octanol–water partition coefficient (Wildman–Crippen LogP) is 2.00. The number of H-pyrrole nitrogens is 1. The molecule has 0 unspecified atom stereocenters. The summed E-state index contributed by atoms with van der Waals surface area (Å²) < 4.78 is 10.4. The SMILES string of the molecule is COc1ccc(OC)c(/C=N/NC(=O)CSc2nc3ccccc3[nH]2)c1.O. The fourth-order valence-corrected chi connectivity index (χ4v) is 2.96. The Balaban J connectivity index is 0.00000261. The van der Waals surface area contributed by atoms with Crippen LogP contribution in [-0.2, 0) is 4.79 Å². The van der Waals surface area contributed by atoms with Gasteiger partial charge in [-0.25, -0.2) is 10.4 Å². The molecule has 3 rings (SSSR count). The molecule has 4 N–H and O–H groups in total. The van der Waals surface area contributed by atoms with Crippen LogP contribution in [0.25, 0.3) is 11.0 Å². The summed E-state index contributed by atoms with van der Waals surface area (Å²) in [6.45, 7) is 0. The van der Waals surface area contributed by atoms with E-state index in [0.717, 1.165) is 11.0 Å². The fourth-order valence-electron chi connectivity index (χ4n) is 2.28. The molecule has 0 saturated carbocycles. The number of aromatic nitrogens is 2. The second kappa shape index (κ2) is 9.60. The zero-order valence-corrected chi connectivity index (χ0v) is 15.7. The van der Waals surface area contributed by atoms with Crippen LogP contribution >= 0.6 is 11.8 Å². The van der Waals surface area contributed by atoms with Crippen molar-refractivity contribution >= 4 is 34.9 Å². The number of thioether (sulfide) groups is 1. The number of nitrogens with one attached hydrogen (secondary N) is 2. The summed E-state index contributed by atoms with van der Waals surface area (Å²) in [5.74, 6) is 1.29. The topological polar surface area (TPSA) is 120 Å². The van der Waals surface area contributed by atoms with Gasteiger partial charge in [0.25, 0.3) is 5.91 Å². The van der Waals surface area contributed by atoms with E-state index in [0.29, 0.717) is 22.2 Å². The highest BCUT2D eigenvalue weighted by Crippen LogP contribution is 2.22. The van der Waals surface area contributed by atoms with Crippen LogP contribution in [-0.4, -0.2) is 47.5 Å². The average Bonchev–Trinajstić information content (AvgIpc) is 3.09. The number of rotatable bonds is 7. The highest BCUT2D eigenvalue weighted by atomic mass is 32.2. The van der Waals surface area contributed by atoms with E-state index in [1.165, 1.54) is 18.0 Å². The minimum Gasteiger partial charge on any atom is -0.497 e. The van der Waals surface area contributed by atoms with E-state index in [1.54, 1.807) is 32.4 Å². The number of hydrogen-bond acceptors (Lipinski definition) is 6. The Kier molecular flexibility index (Phi) is 7.21. The fraction of sp³-hybridized carbons (Fsp3) is 0.167. The number of aromatic amines is 1. The highest BCUT2D eigenvalue weighted by Gasteiger charge is 2.07. The standard InChI is InChI=1S/C18H18N4O3S.H2O/c1-24-13-7-8-16(25-2)12(9-13)10-19-22-17(23)11-26-18-20-14-5-3-4-6-15(14)21-18;/h3-10H,11H2,1-2H3,(H,20,21)(H,22,23);1H2/b19-10+;. The zero-order chi connectivity index (χ0) is 18.4. The molecule has 0 bridgehead atoms. The molecule has 0 spiro atoms. The first-order valence-corrected chi connectivity index (χ1v) is 8.79. The third kappa shape index (κ3) is 5.22. The molecule has 1 heterocycles. The molecule has 0 saturated heterocycles. The summed E-state index contributed by atoms with van der Waals surface area (Å²) in [5.41, 5.74) is 5.02. The number of benzene rings is 2. The quantitative estimate of drug-likeness (QED) is 0.364. The van der Waals surface area contributed by atoms with E-state index in [1.807, 2.05) is 24.3 Å². The minimum atomic E-state index is -0.228. The van der Waals surface area contributed by atoms with Gasteiger partial charge in [-0.3, -0.25) is 4.79 Å². The van der Waals surface area contributed by atoms with Gasteiger partial charge in [0.2, 0.25) is 0 Å². The third-order valence-electron chi connectivity index (χ3n) is 3.54. The van der Waals surface area contributed by atoms with E-state index >= 15 is 0 Å². The Labute approximate surface area is 160 Å². The molecule has 0 aliphatic heterocycles. The molecule has 0 radical (unpaired) electrons. The normalized spacial score (nSPS) is 10.6. The molecule has 0 aliphatic rings. The molecule has 9 heteroatoms. The van der Waals surface area contributed by atoms with Gasteiger partial charge in [-0.05, 0) is 30.3 Å². The number of ether oxygens (including phenoxy) is 2. The van der Waals surface area contributed by atoms with E-state index in [9.17, 15) is 4.79 Å². The Bertz CT molecular complexity index is 909. The maximum atomic E-state index is 12.0. The zero-order valence-electron chi connectivity index (χ0n) is 14.9.